The Labute approximate surface area is 169 Å². The number of nitrogens with one attached hydrogen (secondary N) is 1. The molecule has 1 saturated heterocycles. The van der Waals surface area contributed by atoms with Crippen LogP contribution in [-0.2, 0) is 27.7 Å². The van der Waals surface area contributed by atoms with E-state index >= 15 is 0 Å². The zero-order chi connectivity index (χ0) is 20.5. The maximum atomic E-state index is 12.2. The third-order valence-corrected chi connectivity index (χ3v) is 5.60. The molecule has 152 valence electrons. The molecule has 0 spiro atoms. The van der Waals surface area contributed by atoms with Gasteiger partial charge in [-0.25, -0.2) is 4.79 Å². The number of nitrogens with zero attached hydrogens (tertiary/aromatic N) is 5. The highest BCUT2D eigenvalue weighted by Gasteiger charge is 2.24. The number of hydrogen-bond acceptors (Lipinski definition) is 5. The predicted octanol–water partition coefficient (Wildman–Crippen LogP) is 0.853. The number of rotatable bonds is 5. The van der Waals surface area contributed by atoms with Crippen LogP contribution in [0.4, 0.5) is 5.82 Å². The van der Waals surface area contributed by atoms with Gasteiger partial charge in [0.05, 0.1) is 6.20 Å². The van der Waals surface area contributed by atoms with Crippen LogP contribution in [0, 0.1) is 0 Å². The molecule has 0 aliphatic carbocycles. The van der Waals surface area contributed by atoms with Crippen LogP contribution >= 0.6 is 0 Å². The fraction of sp³-hybridized carbons (Fsp3) is 0.381. The Morgan fingerprint density at radius 2 is 1.83 bits per heavy atom. The molecule has 8 heteroatoms. The van der Waals surface area contributed by atoms with Crippen molar-refractivity contribution >= 4 is 5.82 Å². The van der Waals surface area contributed by atoms with Gasteiger partial charge in [-0.1, -0.05) is 24.3 Å². The molecule has 0 bridgehead atoms. The lowest BCUT2D eigenvalue weighted by Crippen LogP contribution is -2.40. The molecule has 1 fully saturated rings. The minimum absolute atomic E-state index is 0.270. The highest BCUT2D eigenvalue weighted by molar-refractivity contribution is 5.61. The Kier molecular flexibility index (Phi) is 5.10. The molecule has 3 heterocycles. The third-order valence-electron chi connectivity index (χ3n) is 5.60. The second kappa shape index (κ2) is 7.71. The fourth-order valence-electron chi connectivity index (χ4n) is 3.81. The van der Waals surface area contributed by atoms with E-state index in [9.17, 15) is 9.59 Å². The van der Waals surface area contributed by atoms with Crippen molar-refractivity contribution in [3.8, 4) is 11.1 Å². The Hall–Kier alpha value is -3.13. The topological polar surface area (TPSA) is 77.1 Å². The van der Waals surface area contributed by atoms with Crippen molar-refractivity contribution in [2.45, 2.75) is 19.0 Å². The van der Waals surface area contributed by atoms with E-state index < -0.39 is 0 Å². The van der Waals surface area contributed by atoms with Gasteiger partial charge in [-0.15, -0.1) is 0 Å². The van der Waals surface area contributed by atoms with E-state index in [0.29, 0.717) is 11.9 Å². The second-order valence-electron chi connectivity index (χ2n) is 7.65. The summed E-state index contributed by atoms with van der Waals surface area (Å²) in [5.41, 5.74) is 2.92. The lowest BCUT2D eigenvalue weighted by molar-refractivity contribution is 0.550. The minimum Gasteiger partial charge on any atom is -0.356 e. The Balaban J connectivity index is 1.37. The first-order chi connectivity index (χ1) is 13.9. The number of benzene rings is 1. The smallest absolute Gasteiger partial charge is 0.332 e. The molecular weight excluding hydrogens is 368 g/mol. The van der Waals surface area contributed by atoms with E-state index in [1.807, 2.05) is 19.4 Å². The molecule has 0 radical (unpaired) electrons. The number of aromatic nitrogens is 4. The van der Waals surface area contributed by atoms with Gasteiger partial charge in [0, 0.05) is 64.6 Å². The van der Waals surface area contributed by atoms with Gasteiger partial charge < -0.3 is 10.2 Å². The molecule has 29 heavy (non-hydrogen) atoms. The Morgan fingerprint density at radius 1 is 1.07 bits per heavy atom. The van der Waals surface area contributed by atoms with Crippen molar-refractivity contribution in [3.05, 3.63) is 69.1 Å². The van der Waals surface area contributed by atoms with Gasteiger partial charge in [-0.3, -0.25) is 18.6 Å². The number of aryl methyl sites for hydroxylation is 1. The first-order valence-corrected chi connectivity index (χ1v) is 9.76. The zero-order valence-electron chi connectivity index (χ0n) is 17.0. The minimum atomic E-state index is -0.294. The summed E-state index contributed by atoms with van der Waals surface area (Å²) in [6, 6.07) is 10.3. The fourth-order valence-corrected chi connectivity index (χ4v) is 3.81. The summed E-state index contributed by atoms with van der Waals surface area (Å²) >= 11 is 0. The van der Waals surface area contributed by atoms with E-state index in [0.717, 1.165) is 41.7 Å². The molecule has 8 nitrogen and oxygen atoms in total. The average molecular weight is 394 g/mol. The van der Waals surface area contributed by atoms with E-state index in [1.54, 1.807) is 22.4 Å². The summed E-state index contributed by atoms with van der Waals surface area (Å²) in [6.45, 7) is 2.37. The van der Waals surface area contributed by atoms with Crippen LogP contribution in [0.25, 0.3) is 11.1 Å². The summed E-state index contributed by atoms with van der Waals surface area (Å²) in [7, 11) is 5.13. The van der Waals surface area contributed by atoms with Crippen LogP contribution < -0.4 is 21.5 Å². The summed E-state index contributed by atoms with van der Waals surface area (Å²) in [6.07, 6.45) is 4.84. The summed E-state index contributed by atoms with van der Waals surface area (Å²) in [4.78, 5) is 26.3. The molecular formula is C21H26N6O2. The van der Waals surface area contributed by atoms with Crippen molar-refractivity contribution in [2.24, 2.45) is 21.1 Å². The molecule has 3 aromatic rings. The summed E-state index contributed by atoms with van der Waals surface area (Å²) in [5, 5.41) is 7.81. The van der Waals surface area contributed by atoms with Gasteiger partial charge >= 0.3 is 5.69 Å². The predicted molar refractivity (Wildman–Crippen MR) is 113 cm³/mol. The van der Waals surface area contributed by atoms with Crippen LogP contribution in [0.3, 0.4) is 0 Å². The Morgan fingerprint density at radius 3 is 2.52 bits per heavy atom. The van der Waals surface area contributed by atoms with Crippen molar-refractivity contribution in [1.82, 2.24) is 24.2 Å². The van der Waals surface area contributed by atoms with Gasteiger partial charge in [0.15, 0.2) is 0 Å². The lowest BCUT2D eigenvalue weighted by Gasteiger charge is -2.21. The lowest BCUT2D eigenvalue weighted by atomic mass is 10.1. The molecule has 4 rings (SSSR count). The third kappa shape index (κ3) is 3.88. The normalized spacial score (nSPS) is 16.5. The largest absolute Gasteiger partial charge is 0.356 e. The molecule has 0 saturated carbocycles. The maximum absolute atomic E-state index is 12.2. The SMILES string of the molecule is Cn1cc(-c2ccc(CN[C@@H]3CCN(c4cc(=O)n(C)c(=O)n4C)C3)cc2)cn1. The molecule has 2 aromatic heterocycles. The van der Waals surface area contributed by atoms with Crippen molar-refractivity contribution in [2.75, 3.05) is 18.0 Å². The van der Waals surface area contributed by atoms with Gasteiger partial charge in [-0.05, 0) is 17.5 Å². The first-order valence-electron chi connectivity index (χ1n) is 9.76. The number of hydrogen-bond donors (Lipinski definition) is 1. The van der Waals surface area contributed by atoms with E-state index in [1.165, 1.54) is 12.6 Å². The van der Waals surface area contributed by atoms with Crippen LogP contribution in [0.5, 0.6) is 0 Å². The van der Waals surface area contributed by atoms with Crippen LogP contribution in [0.1, 0.15) is 12.0 Å². The maximum Gasteiger partial charge on any atom is 0.332 e. The second-order valence-corrected chi connectivity index (χ2v) is 7.65. The standard InChI is InChI=1S/C21H26N6O2/c1-24-13-17(12-23-24)16-6-4-15(5-7-16)11-22-18-8-9-27(14-18)19-10-20(28)26(3)21(29)25(19)2/h4-7,10,12-13,18,22H,8-9,11,14H2,1-3H3/t18-/m1/s1. The van der Waals surface area contributed by atoms with Crippen molar-refractivity contribution in [1.29, 1.82) is 0 Å². The van der Waals surface area contributed by atoms with Gasteiger partial charge in [-0.2, -0.15) is 5.10 Å². The average Bonchev–Trinajstić information content (AvgIpc) is 3.37. The molecule has 1 N–H and O–H groups in total. The van der Waals surface area contributed by atoms with Crippen LogP contribution in [0.15, 0.2) is 52.3 Å². The van der Waals surface area contributed by atoms with Crippen LogP contribution in [0.2, 0.25) is 0 Å². The molecule has 1 aromatic carbocycles. The van der Waals surface area contributed by atoms with Gasteiger partial charge in [0.1, 0.15) is 5.82 Å². The Bertz CT molecular complexity index is 1130. The van der Waals surface area contributed by atoms with E-state index in [2.05, 4.69) is 39.6 Å². The molecule has 1 atom stereocenters. The van der Waals surface area contributed by atoms with Crippen LogP contribution in [-0.4, -0.2) is 38.0 Å². The summed E-state index contributed by atoms with van der Waals surface area (Å²) < 4.78 is 4.47. The molecule has 0 amide bonds. The van der Waals surface area contributed by atoms with Crippen molar-refractivity contribution < 1.29 is 0 Å². The number of anilines is 1. The monoisotopic (exact) mass is 394 g/mol. The van der Waals surface area contributed by atoms with E-state index in [-0.39, 0.29) is 11.2 Å². The first kappa shape index (κ1) is 19.2. The highest BCUT2D eigenvalue weighted by atomic mass is 16.2. The van der Waals surface area contributed by atoms with E-state index in [4.69, 9.17) is 0 Å². The summed E-state index contributed by atoms with van der Waals surface area (Å²) in [5.74, 6) is 0.684. The van der Waals surface area contributed by atoms with Gasteiger partial charge in [0.25, 0.3) is 5.56 Å². The quantitative estimate of drug-likeness (QED) is 0.694. The highest BCUT2D eigenvalue weighted by Crippen LogP contribution is 2.20. The van der Waals surface area contributed by atoms with Gasteiger partial charge in [0.2, 0.25) is 0 Å². The molecule has 1 aliphatic rings. The molecule has 0 unspecified atom stereocenters. The van der Waals surface area contributed by atoms with Crippen molar-refractivity contribution in [3.63, 3.8) is 0 Å². The molecule has 1 aliphatic heterocycles. The zero-order valence-corrected chi connectivity index (χ0v) is 17.0.